The molecule has 1 saturated heterocycles. The van der Waals surface area contributed by atoms with E-state index in [4.69, 9.17) is 0 Å². The number of nitrogens with one attached hydrogen (secondary N) is 3. The molecular formula is C15H22FN3O3S. The first kappa shape index (κ1) is 17.8. The lowest BCUT2D eigenvalue weighted by Crippen LogP contribution is -2.40. The molecule has 1 aromatic rings. The fourth-order valence-corrected chi connectivity index (χ4v) is 3.89. The van der Waals surface area contributed by atoms with Crippen LogP contribution in [0.3, 0.4) is 0 Å². The SMILES string of the molecule is CC(C)(C)NS(=O)(=O)c1cc(NC(=O)C2CCNC2)ccc1F. The number of sulfonamides is 1. The minimum atomic E-state index is -4.01. The van der Waals surface area contributed by atoms with Crippen LogP contribution in [-0.4, -0.2) is 33.0 Å². The van der Waals surface area contributed by atoms with E-state index in [-0.39, 0.29) is 17.5 Å². The minimum absolute atomic E-state index is 0.159. The van der Waals surface area contributed by atoms with Crippen LogP contribution >= 0.6 is 0 Å². The number of carbonyl (C=O) groups excluding carboxylic acids is 1. The number of hydrogen-bond donors (Lipinski definition) is 3. The lowest BCUT2D eigenvalue weighted by atomic mass is 10.1. The first-order valence-electron chi connectivity index (χ1n) is 7.44. The Balaban J connectivity index is 2.23. The predicted octanol–water partition coefficient (Wildman–Crippen LogP) is 1.45. The molecule has 0 aliphatic carbocycles. The summed E-state index contributed by atoms with van der Waals surface area (Å²) in [7, 11) is -4.01. The molecule has 1 fully saturated rings. The van der Waals surface area contributed by atoms with E-state index in [9.17, 15) is 17.6 Å². The summed E-state index contributed by atoms with van der Waals surface area (Å²) in [6.07, 6.45) is 0.726. The molecule has 1 heterocycles. The monoisotopic (exact) mass is 343 g/mol. The Morgan fingerprint density at radius 2 is 2.04 bits per heavy atom. The molecule has 0 radical (unpaired) electrons. The third-order valence-electron chi connectivity index (χ3n) is 3.36. The summed E-state index contributed by atoms with van der Waals surface area (Å²) in [5.41, 5.74) is -0.474. The maximum Gasteiger partial charge on any atom is 0.244 e. The van der Waals surface area contributed by atoms with E-state index in [1.807, 2.05) is 0 Å². The van der Waals surface area contributed by atoms with Gasteiger partial charge in [-0.3, -0.25) is 4.79 Å². The summed E-state index contributed by atoms with van der Waals surface area (Å²) in [6.45, 7) is 6.37. The maximum atomic E-state index is 13.9. The van der Waals surface area contributed by atoms with Crippen LogP contribution in [0.2, 0.25) is 0 Å². The lowest BCUT2D eigenvalue weighted by Gasteiger charge is -2.21. The molecule has 0 aromatic heterocycles. The van der Waals surface area contributed by atoms with Crippen LogP contribution in [0.1, 0.15) is 27.2 Å². The molecule has 0 spiro atoms. The zero-order chi connectivity index (χ0) is 17.3. The Hall–Kier alpha value is -1.51. The molecule has 8 heteroatoms. The van der Waals surface area contributed by atoms with Crippen molar-refractivity contribution in [2.24, 2.45) is 5.92 Å². The van der Waals surface area contributed by atoms with Gasteiger partial charge in [-0.2, -0.15) is 0 Å². The van der Waals surface area contributed by atoms with Crippen molar-refractivity contribution in [1.82, 2.24) is 10.0 Å². The van der Waals surface area contributed by atoms with Crippen LogP contribution in [-0.2, 0) is 14.8 Å². The van der Waals surface area contributed by atoms with Crippen molar-refractivity contribution >= 4 is 21.6 Å². The van der Waals surface area contributed by atoms with Gasteiger partial charge in [0.05, 0.1) is 5.92 Å². The molecule has 2 rings (SSSR count). The number of halogens is 1. The van der Waals surface area contributed by atoms with Gasteiger partial charge in [0.15, 0.2) is 0 Å². The van der Waals surface area contributed by atoms with E-state index in [1.54, 1.807) is 20.8 Å². The second kappa shape index (κ2) is 6.54. The Labute approximate surface area is 135 Å². The van der Waals surface area contributed by atoms with Crippen molar-refractivity contribution in [3.8, 4) is 0 Å². The number of benzene rings is 1. The second-order valence-electron chi connectivity index (χ2n) is 6.68. The third kappa shape index (κ3) is 4.73. The minimum Gasteiger partial charge on any atom is -0.326 e. The highest BCUT2D eigenvalue weighted by Gasteiger charge is 2.26. The average molecular weight is 343 g/mol. The third-order valence-corrected chi connectivity index (χ3v) is 5.13. The molecule has 6 nitrogen and oxygen atoms in total. The molecule has 1 amide bonds. The Morgan fingerprint density at radius 1 is 1.35 bits per heavy atom. The summed E-state index contributed by atoms with van der Waals surface area (Å²) in [5.74, 6) is -1.22. The van der Waals surface area contributed by atoms with Crippen LogP contribution < -0.4 is 15.4 Å². The number of rotatable bonds is 4. The van der Waals surface area contributed by atoms with E-state index in [0.717, 1.165) is 25.1 Å². The molecule has 1 aliphatic heterocycles. The number of anilines is 1. The highest BCUT2D eigenvalue weighted by molar-refractivity contribution is 7.89. The van der Waals surface area contributed by atoms with Gasteiger partial charge in [-0.05, 0) is 51.9 Å². The maximum absolute atomic E-state index is 13.9. The Morgan fingerprint density at radius 3 is 2.61 bits per heavy atom. The van der Waals surface area contributed by atoms with Gasteiger partial charge in [0.2, 0.25) is 15.9 Å². The number of hydrogen-bond acceptors (Lipinski definition) is 4. The Bertz CT molecular complexity index is 692. The van der Waals surface area contributed by atoms with Crippen molar-refractivity contribution in [2.75, 3.05) is 18.4 Å². The van der Waals surface area contributed by atoms with Crippen molar-refractivity contribution in [3.05, 3.63) is 24.0 Å². The highest BCUT2D eigenvalue weighted by Crippen LogP contribution is 2.22. The van der Waals surface area contributed by atoms with Gasteiger partial charge in [-0.25, -0.2) is 17.5 Å². The van der Waals surface area contributed by atoms with Gasteiger partial charge < -0.3 is 10.6 Å². The van der Waals surface area contributed by atoms with E-state index in [1.165, 1.54) is 6.07 Å². The second-order valence-corrected chi connectivity index (χ2v) is 8.33. The van der Waals surface area contributed by atoms with Crippen LogP contribution in [0.25, 0.3) is 0 Å². The smallest absolute Gasteiger partial charge is 0.244 e. The van der Waals surface area contributed by atoms with Crippen LogP contribution in [0.15, 0.2) is 23.1 Å². The summed E-state index contributed by atoms with van der Waals surface area (Å²) in [6, 6.07) is 3.54. The largest absolute Gasteiger partial charge is 0.326 e. The van der Waals surface area contributed by atoms with Crippen molar-refractivity contribution < 1.29 is 17.6 Å². The van der Waals surface area contributed by atoms with Gasteiger partial charge in [0.25, 0.3) is 0 Å². The van der Waals surface area contributed by atoms with E-state index < -0.39 is 26.3 Å². The molecule has 0 bridgehead atoms. The van der Waals surface area contributed by atoms with Crippen molar-refractivity contribution in [3.63, 3.8) is 0 Å². The fourth-order valence-electron chi connectivity index (χ4n) is 2.37. The molecule has 1 unspecified atom stereocenters. The standard InChI is InChI=1S/C15H22FN3O3S/c1-15(2,3)19-23(21,22)13-8-11(4-5-12(13)16)18-14(20)10-6-7-17-9-10/h4-5,8,10,17,19H,6-7,9H2,1-3H3,(H,18,20). The molecule has 23 heavy (non-hydrogen) atoms. The molecule has 1 aliphatic rings. The molecule has 0 saturated carbocycles. The van der Waals surface area contributed by atoms with Gasteiger partial charge in [0, 0.05) is 17.8 Å². The number of carbonyl (C=O) groups is 1. The van der Waals surface area contributed by atoms with Gasteiger partial charge in [-0.15, -0.1) is 0 Å². The van der Waals surface area contributed by atoms with E-state index >= 15 is 0 Å². The summed E-state index contributed by atoms with van der Waals surface area (Å²) in [4.78, 5) is 11.6. The number of amides is 1. The van der Waals surface area contributed by atoms with Gasteiger partial charge in [-0.1, -0.05) is 0 Å². The first-order chi connectivity index (χ1) is 10.6. The normalized spacial score (nSPS) is 18.9. The summed E-state index contributed by atoms with van der Waals surface area (Å²) < 4.78 is 40.9. The molecule has 128 valence electrons. The van der Waals surface area contributed by atoms with Crippen LogP contribution in [0.4, 0.5) is 10.1 Å². The zero-order valence-corrected chi connectivity index (χ0v) is 14.3. The average Bonchev–Trinajstić information content (AvgIpc) is 2.92. The topological polar surface area (TPSA) is 87.3 Å². The first-order valence-corrected chi connectivity index (χ1v) is 8.92. The van der Waals surface area contributed by atoms with Crippen LogP contribution in [0.5, 0.6) is 0 Å². The molecule has 3 N–H and O–H groups in total. The zero-order valence-electron chi connectivity index (χ0n) is 13.4. The Kier molecular flexibility index (Phi) is 5.07. The van der Waals surface area contributed by atoms with Crippen molar-refractivity contribution in [1.29, 1.82) is 0 Å². The molecule has 1 atom stereocenters. The summed E-state index contributed by atoms with van der Waals surface area (Å²) >= 11 is 0. The van der Waals surface area contributed by atoms with Gasteiger partial charge in [0.1, 0.15) is 10.7 Å². The summed E-state index contributed by atoms with van der Waals surface area (Å²) in [5, 5.41) is 5.73. The van der Waals surface area contributed by atoms with Crippen molar-refractivity contribution in [2.45, 2.75) is 37.6 Å². The predicted molar refractivity (Wildman–Crippen MR) is 86.1 cm³/mol. The highest BCUT2D eigenvalue weighted by atomic mass is 32.2. The fraction of sp³-hybridized carbons (Fsp3) is 0.533. The molecular weight excluding hydrogens is 321 g/mol. The van der Waals surface area contributed by atoms with Gasteiger partial charge >= 0.3 is 0 Å². The van der Waals surface area contributed by atoms with E-state index in [2.05, 4.69) is 15.4 Å². The van der Waals surface area contributed by atoms with Crippen LogP contribution in [0, 0.1) is 11.7 Å². The lowest BCUT2D eigenvalue weighted by molar-refractivity contribution is -0.119. The quantitative estimate of drug-likeness (QED) is 0.772. The molecule has 1 aromatic carbocycles. The van der Waals surface area contributed by atoms with E-state index in [0.29, 0.717) is 6.54 Å².